The Labute approximate surface area is 158 Å². The second-order valence-electron chi connectivity index (χ2n) is 5.77. The fourth-order valence-electron chi connectivity index (χ4n) is 2.49. The summed E-state index contributed by atoms with van der Waals surface area (Å²) in [5.41, 5.74) is 6.46. The topological polar surface area (TPSA) is 81.4 Å². The number of ether oxygens (including phenoxy) is 6. The molecule has 1 aliphatic rings. The Kier molecular flexibility index (Phi) is 7.44. The first-order valence-electron chi connectivity index (χ1n) is 8.98. The maximum atomic E-state index is 5.85. The van der Waals surface area contributed by atoms with Crippen LogP contribution in [0.5, 0.6) is 23.0 Å². The molecule has 1 aliphatic heterocycles. The Morgan fingerprint density at radius 2 is 0.963 bits per heavy atom. The molecule has 0 radical (unpaired) electrons. The van der Waals surface area contributed by atoms with Crippen LogP contribution in [0.2, 0.25) is 0 Å². The first-order chi connectivity index (χ1) is 13.3. The molecule has 7 heteroatoms. The van der Waals surface area contributed by atoms with Gasteiger partial charge in [-0.05, 0) is 24.3 Å². The molecule has 0 amide bonds. The number of rotatable bonds is 0. The van der Waals surface area contributed by atoms with Gasteiger partial charge in [0.25, 0.3) is 0 Å². The van der Waals surface area contributed by atoms with Gasteiger partial charge in [0.2, 0.25) is 0 Å². The second-order valence-corrected chi connectivity index (χ2v) is 5.77. The maximum absolute atomic E-state index is 5.85. The smallest absolute Gasteiger partial charge is 0.163 e. The van der Waals surface area contributed by atoms with Gasteiger partial charge in [0, 0.05) is 11.8 Å². The van der Waals surface area contributed by atoms with Gasteiger partial charge in [-0.25, -0.2) is 0 Å². The lowest BCUT2D eigenvalue weighted by Gasteiger charge is -2.16. The van der Waals surface area contributed by atoms with Crippen molar-refractivity contribution in [1.82, 2.24) is 0 Å². The van der Waals surface area contributed by atoms with E-state index in [1.807, 2.05) is 24.3 Å². The molecule has 27 heavy (non-hydrogen) atoms. The van der Waals surface area contributed by atoms with Crippen LogP contribution in [0, 0.1) is 0 Å². The van der Waals surface area contributed by atoms with Crippen molar-refractivity contribution in [2.24, 2.45) is 0 Å². The fourth-order valence-corrected chi connectivity index (χ4v) is 2.49. The molecule has 2 N–H and O–H groups in total. The molecule has 2 aromatic rings. The van der Waals surface area contributed by atoms with Crippen molar-refractivity contribution in [2.45, 2.75) is 0 Å². The lowest BCUT2D eigenvalue weighted by atomic mass is 10.3. The molecule has 0 atom stereocenters. The first-order valence-corrected chi connectivity index (χ1v) is 8.98. The van der Waals surface area contributed by atoms with Gasteiger partial charge in [-0.15, -0.1) is 0 Å². The Morgan fingerprint density at radius 3 is 1.56 bits per heavy atom. The predicted octanol–water partition coefficient (Wildman–Crippen LogP) is 2.53. The summed E-state index contributed by atoms with van der Waals surface area (Å²) in [6, 6.07) is 12.8. The lowest BCUT2D eigenvalue weighted by molar-refractivity contribution is 0.0264. The highest BCUT2D eigenvalue weighted by Crippen LogP contribution is 2.30. The van der Waals surface area contributed by atoms with Crippen LogP contribution in [0.3, 0.4) is 0 Å². The minimum Gasteiger partial charge on any atom is -0.487 e. The summed E-state index contributed by atoms with van der Waals surface area (Å²) in [5.74, 6) is 2.53. The van der Waals surface area contributed by atoms with Gasteiger partial charge in [-0.3, -0.25) is 0 Å². The molecule has 0 aliphatic carbocycles. The number of fused-ring (bicyclic) bond motifs is 2. The normalized spacial score (nSPS) is 16.7. The van der Waals surface area contributed by atoms with Gasteiger partial charge >= 0.3 is 0 Å². The molecule has 0 bridgehead atoms. The Hall–Kier alpha value is -2.64. The summed E-state index contributed by atoms with van der Waals surface area (Å²) < 4.78 is 34.1. The van der Waals surface area contributed by atoms with Crippen LogP contribution < -0.4 is 24.7 Å². The minimum atomic E-state index is 0.341. The monoisotopic (exact) mass is 375 g/mol. The summed E-state index contributed by atoms with van der Waals surface area (Å²) in [4.78, 5) is 0. The molecule has 0 fully saturated rings. The quantitative estimate of drug-likeness (QED) is 0.709. The molecule has 146 valence electrons. The standard InChI is InChI=1S/C20H25NO6/c21-16-5-6-19-20(15-16)27-14-13-26-18-4-2-1-3-17(18)24-11-9-22-7-8-23-10-12-25-19/h1-6,15H,7-14,21H2. The predicted molar refractivity (Wildman–Crippen MR) is 101 cm³/mol. The third-order valence-electron chi connectivity index (χ3n) is 3.76. The SMILES string of the molecule is Nc1ccc2c(c1)OCCOc1ccccc1OCCOCCOCCO2. The van der Waals surface area contributed by atoms with Gasteiger partial charge in [0.15, 0.2) is 23.0 Å². The zero-order valence-electron chi connectivity index (χ0n) is 15.2. The van der Waals surface area contributed by atoms with Crippen LogP contribution in [-0.4, -0.2) is 52.9 Å². The number of anilines is 1. The number of hydrogen-bond acceptors (Lipinski definition) is 7. The third-order valence-corrected chi connectivity index (χ3v) is 3.76. The average molecular weight is 375 g/mol. The van der Waals surface area contributed by atoms with Crippen LogP contribution in [0.4, 0.5) is 5.69 Å². The largest absolute Gasteiger partial charge is 0.487 e. The molecule has 0 aromatic heterocycles. The minimum absolute atomic E-state index is 0.341. The van der Waals surface area contributed by atoms with Crippen LogP contribution >= 0.6 is 0 Å². The molecular formula is C20H25NO6. The highest BCUT2D eigenvalue weighted by molar-refractivity contribution is 5.52. The van der Waals surface area contributed by atoms with E-state index in [4.69, 9.17) is 34.2 Å². The molecule has 0 spiro atoms. The fraction of sp³-hybridized carbons (Fsp3) is 0.400. The van der Waals surface area contributed by atoms with E-state index in [0.29, 0.717) is 81.5 Å². The van der Waals surface area contributed by atoms with Crippen LogP contribution in [0.15, 0.2) is 42.5 Å². The Bertz CT molecular complexity index is 709. The van der Waals surface area contributed by atoms with Crippen molar-refractivity contribution in [2.75, 3.05) is 58.6 Å². The summed E-state index contributed by atoms with van der Waals surface area (Å²) >= 11 is 0. The van der Waals surface area contributed by atoms with E-state index >= 15 is 0 Å². The summed E-state index contributed by atoms with van der Waals surface area (Å²) in [5, 5.41) is 0. The van der Waals surface area contributed by atoms with Crippen molar-refractivity contribution in [3.8, 4) is 23.0 Å². The summed E-state index contributed by atoms with van der Waals surface area (Å²) in [6.07, 6.45) is 0. The zero-order chi connectivity index (χ0) is 18.7. The number of para-hydroxylation sites is 2. The molecule has 1 heterocycles. The molecular weight excluding hydrogens is 350 g/mol. The van der Waals surface area contributed by atoms with E-state index in [1.165, 1.54) is 0 Å². The molecule has 0 saturated heterocycles. The van der Waals surface area contributed by atoms with Crippen molar-refractivity contribution in [3.63, 3.8) is 0 Å². The average Bonchev–Trinajstić information content (AvgIpc) is 2.68. The van der Waals surface area contributed by atoms with Crippen molar-refractivity contribution in [3.05, 3.63) is 42.5 Å². The van der Waals surface area contributed by atoms with Crippen molar-refractivity contribution < 1.29 is 28.4 Å². The van der Waals surface area contributed by atoms with Crippen molar-refractivity contribution in [1.29, 1.82) is 0 Å². The van der Waals surface area contributed by atoms with Crippen LogP contribution in [0.25, 0.3) is 0 Å². The Balaban J connectivity index is 1.65. The summed E-state index contributed by atoms with van der Waals surface area (Å²) in [6.45, 7) is 3.47. The number of hydrogen-bond donors (Lipinski definition) is 1. The highest BCUT2D eigenvalue weighted by Gasteiger charge is 2.08. The molecule has 2 aromatic carbocycles. The highest BCUT2D eigenvalue weighted by atomic mass is 16.6. The number of benzene rings is 2. The third kappa shape index (κ3) is 6.23. The molecule has 0 unspecified atom stereocenters. The lowest BCUT2D eigenvalue weighted by Crippen LogP contribution is -2.15. The molecule has 3 rings (SSSR count). The second kappa shape index (κ2) is 10.5. The van der Waals surface area contributed by atoms with E-state index in [9.17, 15) is 0 Å². The van der Waals surface area contributed by atoms with Crippen LogP contribution in [-0.2, 0) is 9.47 Å². The van der Waals surface area contributed by atoms with Crippen LogP contribution in [0.1, 0.15) is 0 Å². The molecule has 7 nitrogen and oxygen atoms in total. The molecule has 0 saturated carbocycles. The number of nitrogens with two attached hydrogens (primary N) is 1. The first kappa shape index (κ1) is 19.1. The zero-order valence-corrected chi connectivity index (χ0v) is 15.2. The number of nitrogen functional groups attached to an aromatic ring is 1. The van der Waals surface area contributed by atoms with E-state index in [1.54, 1.807) is 18.2 Å². The van der Waals surface area contributed by atoms with Gasteiger partial charge in [-0.2, -0.15) is 0 Å². The Morgan fingerprint density at radius 1 is 0.519 bits per heavy atom. The van der Waals surface area contributed by atoms with E-state index in [-0.39, 0.29) is 0 Å². The van der Waals surface area contributed by atoms with Crippen molar-refractivity contribution >= 4 is 5.69 Å². The van der Waals surface area contributed by atoms with Gasteiger partial charge < -0.3 is 34.2 Å². The van der Waals surface area contributed by atoms with E-state index in [0.717, 1.165) is 0 Å². The van der Waals surface area contributed by atoms with E-state index < -0.39 is 0 Å². The van der Waals surface area contributed by atoms with Gasteiger partial charge in [-0.1, -0.05) is 12.1 Å². The summed E-state index contributed by atoms with van der Waals surface area (Å²) in [7, 11) is 0. The van der Waals surface area contributed by atoms with Gasteiger partial charge in [0.1, 0.15) is 26.4 Å². The van der Waals surface area contributed by atoms with E-state index in [2.05, 4.69) is 0 Å². The maximum Gasteiger partial charge on any atom is 0.163 e. The van der Waals surface area contributed by atoms with Gasteiger partial charge in [0.05, 0.1) is 26.4 Å².